The van der Waals surface area contributed by atoms with Crippen LogP contribution in [0, 0.1) is 0 Å². The highest BCUT2D eigenvalue weighted by molar-refractivity contribution is 5.92. The molecule has 0 unspecified atom stereocenters. The Balaban J connectivity index is 1.54. The molecule has 1 aliphatic carbocycles. The van der Waals surface area contributed by atoms with Crippen LogP contribution in [-0.2, 0) is 6.54 Å². The van der Waals surface area contributed by atoms with Gasteiger partial charge in [-0.1, -0.05) is 19.3 Å². The van der Waals surface area contributed by atoms with Crippen LogP contribution in [0.4, 0.5) is 11.6 Å². The number of ether oxygens (including phenoxy) is 1. The van der Waals surface area contributed by atoms with Crippen LogP contribution < -0.4 is 20.5 Å². The summed E-state index contributed by atoms with van der Waals surface area (Å²) in [5.41, 5.74) is 0.400. The zero-order valence-electron chi connectivity index (χ0n) is 16.1. The average Bonchev–Trinajstić information content (AvgIpc) is 3.15. The van der Waals surface area contributed by atoms with E-state index in [4.69, 9.17) is 4.74 Å². The fourth-order valence-electron chi connectivity index (χ4n) is 3.89. The van der Waals surface area contributed by atoms with Gasteiger partial charge >= 0.3 is 0 Å². The van der Waals surface area contributed by atoms with E-state index in [1.54, 1.807) is 0 Å². The van der Waals surface area contributed by atoms with Crippen molar-refractivity contribution in [2.45, 2.75) is 51.6 Å². The summed E-state index contributed by atoms with van der Waals surface area (Å²) < 4.78 is 7.00. The number of nitrogens with zero attached hydrogens (tertiary/aromatic N) is 4. The Labute approximate surface area is 163 Å². The first-order chi connectivity index (χ1) is 13.7. The number of nitrogens with one attached hydrogen (secondary N) is 1. The monoisotopic (exact) mass is 383 g/mol. The van der Waals surface area contributed by atoms with Gasteiger partial charge in [-0.15, -0.1) is 10.2 Å². The molecule has 0 saturated heterocycles. The summed E-state index contributed by atoms with van der Waals surface area (Å²) >= 11 is 0. The quantitative estimate of drug-likeness (QED) is 0.852. The van der Waals surface area contributed by atoms with E-state index in [-0.39, 0.29) is 17.3 Å². The molecule has 2 heterocycles. The number of rotatable bonds is 5. The highest BCUT2D eigenvalue weighted by Gasteiger charge is 2.28. The molecule has 1 N–H and O–H groups in total. The minimum Gasteiger partial charge on any atom is -0.494 e. The lowest BCUT2D eigenvalue weighted by Gasteiger charge is -2.22. The summed E-state index contributed by atoms with van der Waals surface area (Å²) in [5, 5.41) is 11.1. The van der Waals surface area contributed by atoms with Crippen LogP contribution in [-0.4, -0.2) is 39.9 Å². The summed E-state index contributed by atoms with van der Waals surface area (Å²) in [6.07, 6.45) is 5.33. The number of carbonyl (C=O) groups is 1. The Kier molecular flexibility index (Phi) is 5.27. The van der Waals surface area contributed by atoms with E-state index >= 15 is 0 Å². The van der Waals surface area contributed by atoms with Crippen molar-refractivity contribution < 1.29 is 9.53 Å². The van der Waals surface area contributed by atoms with E-state index in [1.807, 2.05) is 36.1 Å². The number of aromatic nitrogens is 3. The van der Waals surface area contributed by atoms with Gasteiger partial charge in [0.1, 0.15) is 5.75 Å². The molecule has 8 nitrogen and oxygen atoms in total. The summed E-state index contributed by atoms with van der Waals surface area (Å²) in [6, 6.07) is 7.76. The van der Waals surface area contributed by atoms with Gasteiger partial charge in [-0.2, -0.15) is 0 Å². The zero-order valence-corrected chi connectivity index (χ0v) is 16.1. The molecule has 0 atom stereocenters. The molecule has 0 spiro atoms. The van der Waals surface area contributed by atoms with Crippen molar-refractivity contribution in [2.75, 3.05) is 18.1 Å². The molecule has 1 aromatic carbocycles. The molecule has 148 valence electrons. The van der Waals surface area contributed by atoms with Crippen LogP contribution in [0.25, 0.3) is 0 Å². The van der Waals surface area contributed by atoms with Crippen LogP contribution in [0.1, 0.15) is 49.5 Å². The minimum atomic E-state index is -0.417. The molecular formula is C20H25N5O3. The molecule has 2 aliphatic rings. The highest BCUT2D eigenvalue weighted by atomic mass is 16.5. The second-order valence-electron chi connectivity index (χ2n) is 7.19. The summed E-state index contributed by atoms with van der Waals surface area (Å²) in [7, 11) is 0. The van der Waals surface area contributed by atoms with E-state index in [0.717, 1.165) is 37.1 Å². The van der Waals surface area contributed by atoms with Gasteiger partial charge in [0.15, 0.2) is 0 Å². The largest absolute Gasteiger partial charge is 0.494 e. The van der Waals surface area contributed by atoms with Gasteiger partial charge in [-0.25, -0.2) is 0 Å². The molecule has 0 radical (unpaired) electrons. The third-order valence-electron chi connectivity index (χ3n) is 5.33. The number of fused-ring (bicyclic) bond motifs is 1. The molecule has 1 aliphatic heterocycles. The van der Waals surface area contributed by atoms with Crippen molar-refractivity contribution in [2.24, 2.45) is 0 Å². The van der Waals surface area contributed by atoms with E-state index in [1.165, 1.54) is 11.0 Å². The second-order valence-corrected chi connectivity index (χ2v) is 7.19. The van der Waals surface area contributed by atoms with Gasteiger partial charge in [-0.3, -0.25) is 14.2 Å². The van der Waals surface area contributed by atoms with Crippen molar-refractivity contribution in [3.05, 3.63) is 40.3 Å². The topological polar surface area (TPSA) is 89.3 Å². The first-order valence-corrected chi connectivity index (χ1v) is 9.96. The van der Waals surface area contributed by atoms with Gasteiger partial charge in [0, 0.05) is 24.8 Å². The molecule has 0 bridgehead atoms. The maximum atomic E-state index is 12.8. The SMILES string of the molecule is CCOc1ccc(N2CCn3c2nnc(C(=O)NC2CCCCC2)c3=O)cc1. The van der Waals surface area contributed by atoms with Crippen molar-refractivity contribution in [3.8, 4) is 5.75 Å². The fraction of sp³-hybridized carbons (Fsp3) is 0.500. The van der Waals surface area contributed by atoms with Gasteiger partial charge in [0.05, 0.1) is 6.61 Å². The predicted molar refractivity (Wildman–Crippen MR) is 105 cm³/mol. The number of carbonyl (C=O) groups excluding carboxylic acids is 1. The van der Waals surface area contributed by atoms with Crippen LogP contribution in [0.3, 0.4) is 0 Å². The molecule has 1 aromatic heterocycles. The van der Waals surface area contributed by atoms with Gasteiger partial charge in [0.2, 0.25) is 11.6 Å². The lowest BCUT2D eigenvalue weighted by molar-refractivity contribution is 0.0919. The maximum absolute atomic E-state index is 12.8. The molecule has 28 heavy (non-hydrogen) atoms. The summed E-state index contributed by atoms with van der Waals surface area (Å²) in [6.45, 7) is 3.62. The minimum absolute atomic E-state index is 0.122. The van der Waals surface area contributed by atoms with Crippen molar-refractivity contribution in [1.82, 2.24) is 20.1 Å². The molecule has 1 amide bonds. The van der Waals surface area contributed by atoms with Crippen LogP contribution >= 0.6 is 0 Å². The lowest BCUT2D eigenvalue weighted by Crippen LogP contribution is -2.40. The van der Waals surface area contributed by atoms with Crippen molar-refractivity contribution in [1.29, 1.82) is 0 Å². The van der Waals surface area contributed by atoms with E-state index in [9.17, 15) is 9.59 Å². The zero-order chi connectivity index (χ0) is 19.5. The normalized spacial score (nSPS) is 16.7. The Morgan fingerprint density at radius 3 is 2.61 bits per heavy atom. The molecular weight excluding hydrogens is 358 g/mol. The van der Waals surface area contributed by atoms with Gasteiger partial charge in [-0.05, 0) is 44.0 Å². The fourth-order valence-corrected chi connectivity index (χ4v) is 3.89. The van der Waals surface area contributed by atoms with E-state index < -0.39 is 5.91 Å². The first-order valence-electron chi connectivity index (χ1n) is 9.96. The second kappa shape index (κ2) is 8.00. The average molecular weight is 383 g/mol. The molecule has 4 rings (SSSR count). The first kappa shape index (κ1) is 18.5. The summed E-state index contributed by atoms with van der Waals surface area (Å²) in [5.74, 6) is 0.839. The lowest BCUT2D eigenvalue weighted by atomic mass is 9.95. The Hall–Kier alpha value is -2.90. The molecule has 1 fully saturated rings. The Morgan fingerprint density at radius 2 is 1.89 bits per heavy atom. The van der Waals surface area contributed by atoms with E-state index in [0.29, 0.717) is 25.6 Å². The maximum Gasteiger partial charge on any atom is 0.286 e. The van der Waals surface area contributed by atoms with Crippen LogP contribution in [0.15, 0.2) is 29.1 Å². The van der Waals surface area contributed by atoms with Gasteiger partial charge < -0.3 is 15.0 Å². The standard InChI is InChI=1S/C20H25N5O3/c1-2-28-16-10-8-15(9-11-16)24-12-13-25-19(27)17(22-23-20(24)25)18(26)21-14-6-4-3-5-7-14/h8-11,14H,2-7,12-13H2,1H3,(H,21,26). The Morgan fingerprint density at radius 1 is 1.14 bits per heavy atom. The van der Waals surface area contributed by atoms with Crippen molar-refractivity contribution in [3.63, 3.8) is 0 Å². The van der Waals surface area contributed by atoms with Gasteiger partial charge in [0.25, 0.3) is 11.5 Å². The van der Waals surface area contributed by atoms with Crippen molar-refractivity contribution >= 4 is 17.5 Å². The van der Waals surface area contributed by atoms with Crippen LogP contribution in [0.5, 0.6) is 5.75 Å². The highest BCUT2D eigenvalue weighted by Crippen LogP contribution is 2.28. The smallest absolute Gasteiger partial charge is 0.286 e. The Bertz CT molecular complexity index is 903. The third kappa shape index (κ3) is 3.58. The molecule has 1 saturated carbocycles. The molecule has 8 heteroatoms. The van der Waals surface area contributed by atoms with E-state index in [2.05, 4.69) is 15.5 Å². The summed E-state index contributed by atoms with van der Waals surface area (Å²) in [4.78, 5) is 27.3. The number of anilines is 2. The van der Waals surface area contributed by atoms with Crippen LogP contribution in [0.2, 0.25) is 0 Å². The number of hydrogen-bond acceptors (Lipinski definition) is 6. The number of hydrogen-bond donors (Lipinski definition) is 1. The number of benzene rings is 1. The molecule has 2 aromatic rings. The number of amides is 1. The third-order valence-corrected chi connectivity index (χ3v) is 5.33. The predicted octanol–water partition coefficient (Wildman–Crippen LogP) is 2.25.